The molecule has 5 nitrogen and oxygen atoms in total. The lowest BCUT2D eigenvalue weighted by Crippen LogP contribution is -2.60. The Bertz CT molecular complexity index is 605. The first-order chi connectivity index (χ1) is 11.5. The van der Waals surface area contributed by atoms with E-state index in [0.29, 0.717) is 48.4 Å². The second-order valence-corrected chi connectivity index (χ2v) is 7.29. The van der Waals surface area contributed by atoms with E-state index < -0.39 is 5.54 Å². The molecule has 2 heterocycles. The van der Waals surface area contributed by atoms with Gasteiger partial charge in [-0.1, -0.05) is 23.2 Å². The fraction of sp³-hybridized carbons (Fsp3) is 0.588. The number of benzene rings is 1. The van der Waals surface area contributed by atoms with E-state index in [1.54, 1.807) is 18.2 Å². The molecule has 2 aliphatic heterocycles. The lowest BCUT2D eigenvalue weighted by molar-refractivity contribution is -0.143. The van der Waals surface area contributed by atoms with Gasteiger partial charge < -0.3 is 20.1 Å². The van der Waals surface area contributed by atoms with Crippen molar-refractivity contribution in [1.82, 2.24) is 4.90 Å². The summed E-state index contributed by atoms with van der Waals surface area (Å²) in [6.45, 7) is 2.34. The second-order valence-electron chi connectivity index (χ2n) is 6.48. The van der Waals surface area contributed by atoms with Crippen LogP contribution in [0.5, 0.6) is 5.75 Å². The van der Waals surface area contributed by atoms with Gasteiger partial charge in [-0.15, -0.1) is 0 Å². The number of hydrogen-bond acceptors (Lipinski definition) is 4. The van der Waals surface area contributed by atoms with Gasteiger partial charge in [0, 0.05) is 25.8 Å². The topological polar surface area (TPSA) is 64.8 Å². The minimum absolute atomic E-state index is 0.00763. The van der Waals surface area contributed by atoms with E-state index in [1.165, 1.54) is 0 Å². The summed E-state index contributed by atoms with van der Waals surface area (Å²) in [5.74, 6) is 0.672. The van der Waals surface area contributed by atoms with E-state index in [0.717, 1.165) is 19.4 Å². The van der Waals surface area contributed by atoms with Gasteiger partial charge in [-0.2, -0.15) is 0 Å². The predicted octanol–water partition coefficient (Wildman–Crippen LogP) is 2.87. The summed E-state index contributed by atoms with van der Waals surface area (Å²) in [6, 6.07) is 5.20. The Morgan fingerprint density at radius 1 is 1.29 bits per heavy atom. The number of ether oxygens (including phenoxy) is 2. The highest BCUT2D eigenvalue weighted by molar-refractivity contribution is 6.42. The lowest BCUT2D eigenvalue weighted by Gasteiger charge is -2.40. The number of piperidine rings is 1. The highest BCUT2D eigenvalue weighted by Crippen LogP contribution is 2.29. The summed E-state index contributed by atoms with van der Waals surface area (Å²) in [4.78, 5) is 14.7. The van der Waals surface area contributed by atoms with Crippen molar-refractivity contribution < 1.29 is 14.3 Å². The molecular weight excluding hydrogens is 351 g/mol. The van der Waals surface area contributed by atoms with Crippen LogP contribution >= 0.6 is 23.2 Å². The number of nitrogens with two attached hydrogens (primary N) is 1. The van der Waals surface area contributed by atoms with E-state index in [2.05, 4.69) is 0 Å². The summed E-state index contributed by atoms with van der Waals surface area (Å²) >= 11 is 12.0. The Hall–Kier alpha value is -1.01. The zero-order valence-corrected chi connectivity index (χ0v) is 15.0. The van der Waals surface area contributed by atoms with E-state index in [9.17, 15) is 4.79 Å². The maximum Gasteiger partial charge on any atom is 0.242 e. The van der Waals surface area contributed by atoms with Crippen molar-refractivity contribution in [2.75, 3.05) is 26.3 Å². The Morgan fingerprint density at radius 2 is 2.04 bits per heavy atom. The molecule has 0 radical (unpaired) electrons. The van der Waals surface area contributed by atoms with E-state index >= 15 is 0 Å². The summed E-state index contributed by atoms with van der Waals surface area (Å²) in [7, 11) is 0. The summed E-state index contributed by atoms with van der Waals surface area (Å²) in [6.07, 6.45) is 2.86. The van der Waals surface area contributed by atoms with Crippen molar-refractivity contribution in [2.45, 2.75) is 37.3 Å². The minimum atomic E-state index is -0.802. The average Bonchev–Trinajstić information content (AvgIpc) is 2.58. The normalized spacial score (nSPS) is 23.8. The molecule has 2 saturated heterocycles. The molecule has 1 atom stereocenters. The number of carbonyl (C=O) groups excluding carboxylic acids is 1. The van der Waals surface area contributed by atoms with E-state index in [1.807, 2.05) is 4.90 Å². The van der Waals surface area contributed by atoms with Crippen molar-refractivity contribution in [3.8, 4) is 5.75 Å². The molecule has 0 saturated carbocycles. The molecule has 0 aliphatic carbocycles. The second kappa shape index (κ2) is 7.48. The van der Waals surface area contributed by atoms with Crippen molar-refractivity contribution in [1.29, 1.82) is 0 Å². The zero-order valence-electron chi connectivity index (χ0n) is 13.5. The molecule has 2 fully saturated rings. The summed E-state index contributed by atoms with van der Waals surface area (Å²) in [5, 5.41) is 0.954. The molecule has 1 unspecified atom stereocenters. The number of nitrogens with zero attached hydrogens (tertiary/aromatic N) is 1. The molecule has 7 heteroatoms. The third-order valence-corrected chi connectivity index (χ3v) is 5.41. The molecule has 1 aromatic carbocycles. The molecule has 2 N–H and O–H groups in total. The first-order valence-corrected chi connectivity index (χ1v) is 9.01. The van der Waals surface area contributed by atoms with Crippen LogP contribution < -0.4 is 10.5 Å². The molecular formula is C17H22Cl2N2O3. The largest absolute Gasteiger partial charge is 0.489 e. The van der Waals surface area contributed by atoms with Gasteiger partial charge in [0.1, 0.15) is 11.9 Å². The number of carbonyl (C=O) groups is 1. The SMILES string of the molecule is NC1(C(=O)N2CCCC(Oc3ccc(Cl)c(Cl)c3)C2)CCOCC1. The van der Waals surface area contributed by atoms with Gasteiger partial charge in [0.05, 0.1) is 22.1 Å². The number of likely N-dealkylation sites (tertiary alicyclic amines) is 1. The van der Waals surface area contributed by atoms with Crippen molar-refractivity contribution in [3.05, 3.63) is 28.2 Å². The van der Waals surface area contributed by atoms with E-state index in [4.69, 9.17) is 38.4 Å². The molecule has 132 valence electrons. The molecule has 0 aromatic heterocycles. The van der Waals surface area contributed by atoms with Crippen LogP contribution in [0.1, 0.15) is 25.7 Å². The molecule has 24 heavy (non-hydrogen) atoms. The van der Waals surface area contributed by atoms with Crippen LogP contribution in [0.15, 0.2) is 18.2 Å². The first kappa shape index (κ1) is 17.8. The summed E-state index contributed by atoms with van der Waals surface area (Å²) in [5.41, 5.74) is 5.52. The standard InChI is InChI=1S/C17H22Cl2N2O3/c18-14-4-3-12(10-15(14)19)24-13-2-1-7-21(11-13)16(22)17(20)5-8-23-9-6-17/h3-4,10,13H,1-2,5-9,11,20H2. The summed E-state index contributed by atoms with van der Waals surface area (Å²) < 4.78 is 11.3. The van der Waals surface area contributed by atoms with Gasteiger partial charge in [-0.3, -0.25) is 4.79 Å². The van der Waals surface area contributed by atoms with Crippen LogP contribution in [0, 0.1) is 0 Å². The van der Waals surface area contributed by atoms with Crippen LogP contribution in [0.3, 0.4) is 0 Å². The molecule has 0 spiro atoms. The fourth-order valence-corrected chi connectivity index (χ4v) is 3.51. The minimum Gasteiger partial charge on any atom is -0.489 e. The van der Waals surface area contributed by atoms with Crippen molar-refractivity contribution in [3.63, 3.8) is 0 Å². The predicted molar refractivity (Wildman–Crippen MR) is 93.7 cm³/mol. The maximum absolute atomic E-state index is 12.8. The van der Waals surface area contributed by atoms with Crippen LogP contribution in [0.25, 0.3) is 0 Å². The van der Waals surface area contributed by atoms with Gasteiger partial charge >= 0.3 is 0 Å². The van der Waals surface area contributed by atoms with E-state index in [-0.39, 0.29) is 12.0 Å². The smallest absolute Gasteiger partial charge is 0.242 e. The Labute approximate surface area is 152 Å². The van der Waals surface area contributed by atoms with Crippen LogP contribution in [-0.2, 0) is 9.53 Å². The molecule has 3 rings (SSSR count). The van der Waals surface area contributed by atoms with Gasteiger partial charge in [-0.05, 0) is 37.8 Å². The first-order valence-electron chi connectivity index (χ1n) is 8.26. The Kier molecular flexibility index (Phi) is 5.55. The molecule has 2 aliphatic rings. The van der Waals surface area contributed by atoms with Gasteiger partial charge in [-0.25, -0.2) is 0 Å². The van der Waals surface area contributed by atoms with Gasteiger partial charge in [0.2, 0.25) is 5.91 Å². The van der Waals surface area contributed by atoms with Crippen molar-refractivity contribution >= 4 is 29.1 Å². The van der Waals surface area contributed by atoms with Crippen molar-refractivity contribution in [2.24, 2.45) is 5.73 Å². The molecule has 0 bridgehead atoms. The van der Waals surface area contributed by atoms with Gasteiger partial charge in [0.25, 0.3) is 0 Å². The monoisotopic (exact) mass is 372 g/mol. The Balaban J connectivity index is 1.63. The Morgan fingerprint density at radius 3 is 2.75 bits per heavy atom. The average molecular weight is 373 g/mol. The van der Waals surface area contributed by atoms with Gasteiger partial charge in [0.15, 0.2) is 0 Å². The molecule has 1 amide bonds. The quantitative estimate of drug-likeness (QED) is 0.885. The third-order valence-electron chi connectivity index (χ3n) is 4.67. The zero-order chi connectivity index (χ0) is 17.2. The number of amides is 1. The highest BCUT2D eigenvalue weighted by atomic mass is 35.5. The fourth-order valence-electron chi connectivity index (χ4n) is 3.23. The van der Waals surface area contributed by atoms with Crippen LogP contribution in [-0.4, -0.2) is 48.8 Å². The number of hydrogen-bond donors (Lipinski definition) is 1. The molecule has 1 aromatic rings. The number of rotatable bonds is 3. The maximum atomic E-state index is 12.8. The number of halogens is 2. The van der Waals surface area contributed by atoms with Crippen LogP contribution in [0.4, 0.5) is 0 Å². The van der Waals surface area contributed by atoms with Crippen LogP contribution in [0.2, 0.25) is 10.0 Å². The highest BCUT2D eigenvalue weighted by Gasteiger charge is 2.40. The third kappa shape index (κ3) is 3.97. The lowest BCUT2D eigenvalue weighted by atomic mass is 9.89.